The Morgan fingerprint density at radius 2 is 0.929 bits per heavy atom. The molecule has 2 aliphatic carbocycles. The van der Waals surface area contributed by atoms with Gasteiger partial charge in [-0.2, -0.15) is 10.2 Å². The van der Waals surface area contributed by atoms with E-state index in [0.29, 0.717) is 67.1 Å². The molecule has 0 radical (unpaired) electrons. The summed E-state index contributed by atoms with van der Waals surface area (Å²) < 4.78 is 4.36. The molecule has 4 amide bonds. The summed E-state index contributed by atoms with van der Waals surface area (Å²) in [7, 11) is 8.02. The number of ketones is 2. The number of anilines is 2. The summed E-state index contributed by atoms with van der Waals surface area (Å²) in [4.78, 5) is 114. The molecule has 0 unspecified atom stereocenters. The number of aryl methyl sites for hydroxylation is 2. The Kier molecular flexibility index (Phi) is 15.7. The van der Waals surface area contributed by atoms with Crippen LogP contribution in [-0.2, 0) is 32.3 Å². The van der Waals surface area contributed by atoms with Crippen LogP contribution in [0.1, 0.15) is 72.2 Å². The second-order valence-electron chi connectivity index (χ2n) is 23.0. The number of fused-ring (bicyclic) bond motifs is 4. The highest BCUT2D eigenvalue weighted by Gasteiger charge is 2.68. The number of halogens is 2. The van der Waals surface area contributed by atoms with Crippen molar-refractivity contribution in [3.05, 3.63) is 130 Å². The van der Waals surface area contributed by atoms with E-state index in [-0.39, 0.29) is 82.6 Å². The quantitative estimate of drug-likeness (QED) is 0.0704. The third-order valence-electron chi connectivity index (χ3n) is 16.2. The van der Waals surface area contributed by atoms with Gasteiger partial charge in [-0.25, -0.2) is 29.9 Å². The van der Waals surface area contributed by atoms with Crippen molar-refractivity contribution in [3.63, 3.8) is 0 Å². The molecule has 2 aliphatic heterocycles. The van der Waals surface area contributed by atoms with E-state index in [0.717, 1.165) is 48.2 Å². The van der Waals surface area contributed by atoms with E-state index in [1.807, 2.05) is 78.4 Å². The first kappa shape index (κ1) is 57.7. The maximum absolute atomic E-state index is 14.0. The molecule has 2 aromatic carbocycles. The summed E-state index contributed by atoms with van der Waals surface area (Å²) in [6.45, 7) is 7.95. The molecule has 2 saturated heterocycles. The molecule has 0 bridgehead atoms. The second-order valence-corrected chi connectivity index (χ2v) is 24.6. The normalized spacial score (nSPS) is 21.0. The van der Waals surface area contributed by atoms with Gasteiger partial charge in [0.05, 0.1) is 11.0 Å². The van der Waals surface area contributed by atoms with E-state index in [9.17, 15) is 28.8 Å². The van der Waals surface area contributed by atoms with E-state index < -0.39 is 12.1 Å². The van der Waals surface area contributed by atoms with Gasteiger partial charge in [0.15, 0.2) is 11.6 Å². The standard InChI is InChI=1S/2C30H31BrN8O3/c2*1-17(40)28-21-10-19(20-13-32-18(2)33-14-20)8-9-22(21)38(36-28)15-27(41)39-23(11-30(12-24(30)39)16-37(3)4)29(42)35-26-7-5-6-25(31)34-26/h2*5-10,13-14,23-24H,11-12,15-16H2,1-4H3,(H,34,35,42)/t23-,24+,30-;23-,24-,30+/m00/s1. The third-order valence-corrected chi connectivity index (χ3v) is 17.1. The predicted octanol–water partition coefficient (Wildman–Crippen LogP) is 7.44. The van der Waals surface area contributed by atoms with Gasteiger partial charge in [-0.1, -0.05) is 24.3 Å². The second kappa shape index (κ2) is 22.8. The van der Waals surface area contributed by atoms with E-state index in [2.05, 4.69) is 92.4 Å². The fraction of sp³-hybridized carbons (Fsp3) is 0.367. The zero-order valence-electron chi connectivity index (χ0n) is 47.7. The summed E-state index contributed by atoms with van der Waals surface area (Å²) in [5.74, 6) is 0.826. The van der Waals surface area contributed by atoms with Crippen LogP contribution in [0.4, 0.5) is 11.6 Å². The molecule has 4 aliphatic rings. The Morgan fingerprint density at radius 3 is 1.27 bits per heavy atom. The van der Waals surface area contributed by atoms with Gasteiger partial charge < -0.3 is 30.2 Å². The maximum Gasteiger partial charge on any atom is 0.248 e. The molecule has 6 aromatic heterocycles. The lowest BCUT2D eigenvalue weighted by Gasteiger charge is -2.27. The van der Waals surface area contributed by atoms with Gasteiger partial charge in [0, 0.05) is 96.5 Å². The average molecular weight is 1260 g/mol. The maximum atomic E-state index is 14.0. The minimum atomic E-state index is -0.640. The van der Waals surface area contributed by atoms with E-state index in [1.165, 1.54) is 13.8 Å². The highest BCUT2D eigenvalue weighted by molar-refractivity contribution is 9.10. The van der Waals surface area contributed by atoms with Crippen molar-refractivity contribution in [3.8, 4) is 22.3 Å². The number of carbonyl (C=O) groups excluding carboxylic acids is 6. The van der Waals surface area contributed by atoms with Crippen molar-refractivity contribution >= 4 is 100 Å². The molecule has 0 spiro atoms. The summed E-state index contributed by atoms with van der Waals surface area (Å²) in [6.07, 6.45) is 9.79. The number of amides is 4. The Balaban J connectivity index is 0.000000175. The van der Waals surface area contributed by atoms with Crippen LogP contribution in [0.15, 0.2) is 107 Å². The Bertz CT molecular complexity index is 3690. The lowest BCUT2D eigenvalue weighted by Crippen LogP contribution is -2.46. The molecule has 24 heteroatoms. The van der Waals surface area contributed by atoms with E-state index in [1.54, 1.807) is 80.3 Å². The number of pyridine rings is 2. The molecule has 84 heavy (non-hydrogen) atoms. The Morgan fingerprint density at radius 1 is 0.548 bits per heavy atom. The Labute approximate surface area is 501 Å². The number of carbonyl (C=O) groups is 6. The first-order valence-electron chi connectivity index (χ1n) is 27.5. The lowest BCUT2D eigenvalue weighted by molar-refractivity contribution is -0.138. The number of Topliss-reactive ketones (excluding diaryl/α,β-unsaturated/α-hetero) is 2. The number of benzene rings is 2. The lowest BCUT2D eigenvalue weighted by atomic mass is 9.98. The molecular weight excluding hydrogens is 1200 g/mol. The number of nitrogens with zero attached hydrogens (tertiary/aromatic N) is 14. The summed E-state index contributed by atoms with van der Waals surface area (Å²) in [6, 6.07) is 20.5. The summed E-state index contributed by atoms with van der Waals surface area (Å²) in [5, 5.41) is 16.2. The van der Waals surface area contributed by atoms with Crippen LogP contribution in [0.5, 0.6) is 0 Å². The third kappa shape index (κ3) is 11.6. The van der Waals surface area contributed by atoms with E-state index in [4.69, 9.17) is 0 Å². The van der Waals surface area contributed by atoms with Gasteiger partial charge in [-0.05, 0) is 159 Å². The van der Waals surface area contributed by atoms with Crippen molar-refractivity contribution in [1.82, 2.24) is 69.1 Å². The first-order valence-corrected chi connectivity index (χ1v) is 29.1. The van der Waals surface area contributed by atoms with Crippen LogP contribution in [-0.4, -0.2) is 170 Å². The van der Waals surface area contributed by atoms with Crippen LogP contribution < -0.4 is 10.6 Å². The van der Waals surface area contributed by atoms with Crippen LogP contribution >= 0.6 is 31.9 Å². The molecule has 6 atom stereocenters. The van der Waals surface area contributed by atoms with Crippen molar-refractivity contribution in [2.75, 3.05) is 51.9 Å². The summed E-state index contributed by atoms with van der Waals surface area (Å²) in [5.41, 5.74) is 4.98. The Hall–Kier alpha value is -8.06. The van der Waals surface area contributed by atoms with Crippen molar-refractivity contribution in [2.45, 2.75) is 90.6 Å². The van der Waals surface area contributed by atoms with Crippen LogP contribution in [0.2, 0.25) is 0 Å². The van der Waals surface area contributed by atoms with Gasteiger partial charge in [0.2, 0.25) is 23.6 Å². The first-order chi connectivity index (χ1) is 40.1. The number of hydrogen-bond donors (Lipinski definition) is 2. The van der Waals surface area contributed by atoms with Gasteiger partial charge >= 0.3 is 0 Å². The minimum Gasteiger partial charge on any atom is -0.325 e. The van der Waals surface area contributed by atoms with Crippen LogP contribution in [0.3, 0.4) is 0 Å². The average Bonchev–Trinajstić information content (AvgIpc) is 1.85. The number of piperidine rings is 2. The van der Waals surface area contributed by atoms with Crippen molar-refractivity contribution < 1.29 is 28.8 Å². The van der Waals surface area contributed by atoms with Crippen molar-refractivity contribution in [2.24, 2.45) is 10.8 Å². The van der Waals surface area contributed by atoms with E-state index >= 15 is 0 Å². The number of rotatable bonds is 16. The number of likely N-dealkylation sites (tertiary alicyclic amines) is 2. The number of nitrogens with one attached hydrogen (secondary N) is 2. The van der Waals surface area contributed by atoms with Gasteiger partial charge in [0.1, 0.15) is 69.1 Å². The molecule has 8 aromatic rings. The van der Waals surface area contributed by atoms with Gasteiger partial charge in [-0.3, -0.25) is 38.1 Å². The molecule has 4 fully saturated rings. The largest absolute Gasteiger partial charge is 0.325 e. The molecule has 12 rings (SSSR count). The van der Waals surface area contributed by atoms with Crippen LogP contribution in [0, 0.1) is 24.7 Å². The van der Waals surface area contributed by atoms with Gasteiger partial charge in [-0.15, -0.1) is 0 Å². The highest BCUT2D eigenvalue weighted by atomic mass is 79.9. The molecule has 2 N–H and O–H groups in total. The smallest absolute Gasteiger partial charge is 0.248 e. The minimum absolute atomic E-state index is 0.0409. The topological polar surface area (TPSA) is 252 Å². The fourth-order valence-electron chi connectivity index (χ4n) is 12.5. The number of hydrogen-bond acceptors (Lipinski definition) is 16. The monoisotopic (exact) mass is 1260 g/mol. The number of aromatic nitrogens is 10. The fourth-order valence-corrected chi connectivity index (χ4v) is 13.2. The predicted molar refractivity (Wildman–Crippen MR) is 321 cm³/mol. The molecule has 432 valence electrons. The SMILES string of the molecule is CC(=O)c1nn(CC(=O)N2[C@H](C(=O)Nc3cccc(Br)n3)C[C@@]3(CN(C)C)C[C@@H]23)c2ccc(-c3cnc(C)nc3)cc12.CC(=O)c1nn(CC(=O)N2[C@H]3C[C@@]3(CN(C)C)C[C@H]2C(=O)Nc2cccc(Br)n2)c2ccc(-c3cnc(C)nc3)cc12. The molecular formula is C60H62Br2N16O6. The molecule has 22 nitrogen and oxygen atoms in total. The zero-order valence-corrected chi connectivity index (χ0v) is 50.8. The van der Waals surface area contributed by atoms with Crippen molar-refractivity contribution in [1.29, 1.82) is 0 Å². The zero-order chi connectivity index (χ0) is 59.5. The van der Waals surface area contributed by atoms with Crippen LogP contribution in [0.25, 0.3) is 44.1 Å². The van der Waals surface area contributed by atoms with Gasteiger partial charge in [0.25, 0.3) is 0 Å². The highest BCUT2D eigenvalue weighted by Crippen LogP contribution is 2.61. The molecule has 2 saturated carbocycles. The molecule has 8 heterocycles. The summed E-state index contributed by atoms with van der Waals surface area (Å²) >= 11 is 6.68.